The van der Waals surface area contributed by atoms with E-state index in [4.69, 9.17) is 0 Å². The van der Waals surface area contributed by atoms with Gasteiger partial charge < -0.3 is 4.90 Å². The van der Waals surface area contributed by atoms with Crippen LogP contribution in [0.5, 0.6) is 0 Å². The summed E-state index contributed by atoms with van der Waals surface area (Å²) in [4.78, 5) is 2.44. The van der Waals surface area contributed by atoms with Gasteiger partial charge in [0.15, 0.2) is 0 Å². The van der Waals surface area contributed by atoms with Gasteiger partial charge in [-0.25, -0.2) is 0 Å². The molecule has 0 N–H and O–H groups in total. The summed E-state index contributed by atoms with van der Waals surface area (Å²) in [5.41, 5.74) is 15.3. The molecule has 0 fully saturated rings. The van der Waals surface area contributed by atoms with Gasteiger partial charge in [0.2, 0.25) is 0 Å². The Hall–Kier alpha value is -6.96. The van der Waals surface area contributed by atoms with Crippen molar-refractivity contribution in [2.45, 2.75) is 0 Å². The van der Waals surface area contributed by atoms with Crippen molar-refractivity contribution in [2.24, 2.45) is 0 Å². The molecule has 0 aliphatic rings. The zero-order valence-electron chi connectivity index (χ0n) is 29.3. The third kappa shape index (κ3) is 6.42. The van der Waals surface area contributed by atoms with Crippen molar-refractivity contribution in [3.8, 4) is 55.6 Å². The monoisotopic (exact) mass is 675 g/mol. The van der Waals surface area contributed by atoms with Gasteiger partial charge >= 0.3 is 0 Å². The SMILES string of the molecule is c1ccc(-c2ccc(N(c3cccc(-c4ccc(-c5ccccc5)c(-c5ccccc5)c4)c3)c3cccc4ccccc34)c(-c3ccccc3)c2)cc1. The molecule has 0 aromatic heterocycles. The zero-order chi connectivity index (χ0) is 35.4. The molecule has 0 amide bonds. The van der Waals surface area contributed by atoms with Crippen molar-refractivity contribution in [3.63, 3.8) is 0 Å². The van der Waals surface area contributed by atoms with E-state index in [0.29, 0.717) is 0 Å². The van der Waals surface area contributed by atoms with E-state index in [2.05, 4.69) is 229 Å². The molecule has 9 aromatic carbocycles. The first-order chi connectivity index (χ1) is 26.3. The maximum atomic E-state index is 2.44. The van der Waals surface area contributed by atoms with Crippen molar-refractivity contribution in [3.05, 3.63) is 224 Å². The Morgan fingerprint density at radius 3 is 1.42 bits per heavy atom. The molecule has 0 aliphatic heterocycles. The first-order valence-electron chi connectivity index (χ1n) is 18.2. The Kier molecular flexibility index (Phi) is 8.66. The van der Waals surface area contributed by atoms with Crippen LogP contribution in [0.25, 0.3) is 66.4 Å². The highest BCUT2D eigenvalue weighted by molar-refractivity contribution is 6.02. The number of nitrogens with zero attached hydrogens (tertiary/aromatic N) is 1. The fraction of sp³-hybridized carbons (Fsp3) is 0. The topological polar surface area (TPSA) is 3.24 Å². The molecule has 0 aliphatic carbocycles. The van der Waals surface area contributed by atoms with Crippen molar-refractivity contribution in [1.29, 1.82) is 0 Å². The number of rotatable bonds is 8. The predicted octanol–water partition coefficient (Wildman–Crippen LogP) is 14.6. The molecule has 0 unspecified atom stereocenters. The lowest BCUT2D eigenvalue weighted by Crippen LogP contribution is -2.12. The first kappa shape index (κ1) is 32.0. The van der Waals surface area contributed by atoms with Gasteiger partial charge in [0.05, 0.1) is 11.4 Å². The zero-order valence-corrected chi connectivity index (χ0v) is 29.3. The molecule has 0 spiro atoms. The number of hydrogen-bond donors (Lipinski definition) is 0. The van der Waals surface area contributed by atoms with E-state index >= 15 is 0 Å². The standard InChI is InChI=1S/C52H37N/c1-5-17-38(18-6-1)44-32-34-52(50(37-44)42-23-11-4-12-24-42)53(51-30-16-26-40-25-13-14-29-48(40)51)46-28-15-27-43(35-46)45-31-33-47(39-19-7-2-8-20-39)49(36-45)41-21-9-3-10-22-41/h1-37H. The molecule has 0 atom stereocenters. The lowest BCUT2D eigenvalue weighted by molar-refractivity contribution is 1.30. The van der Waals surface area contributed by atoms with Crippen molar-refractivity contribution < 1.29 is 0 Å². The fourth-order valence-corrected chi connectivity index (χ4v) is 7.48. The van der Waals surface area contributed by atoms with Crippen LogP contribution >= 0.6 is 0 Å². The minimum Gasteiger partial charge on any atom is -0.309 e. The molecule has 9 aromatic rings. The van der Waals surface area contributed by atoms with Gasteiger partial charge in [0, 0.05) is 16.6 Å². The van der Waals surface area contributed by atoms with E-state index < -0.39 is 0 Å². The largest absolute Gasteiger partial charge is 0.309 e. The molecule has 1 nitrogen and oxygen atoms in total. The van der Waals surface area contributed by atoms with Gasteiger partial charge in [-0.2, -0.15) is 0 Å². The second kappa shape index (κ2) is 14.3. The van der Waals surface area contributed by atoms with Gasteiger partial charge in [-0.3, -0.25) is 0 Å². The van der Waals surface area contributed by atoms with Gasteiger partial charge in [-0.1, -0.05) is 188 Å². The van der Waals surface area contributed by atoms with Crippen LogP contribution in [0.3, 0.4) is 0 Å². The van der Waals surface area contributed by atoms with E-state index in [1.165, 1.54) is 60.8 Å². The molecule has 0 radical (unpaired) electrons. The maximum absolute atomic E-state index is 2.44. The van der Waals surface area contributed by atoms with E-state index in [1.807, 2.05) is 0 Å². The van der Waals surface area contributed by atoms with Crippen LogP contribution in [-0.4, -0.2) is 0 Å². The number of hydrogen-bond acceptors (Lipinski definition) is 1. The van der Waals surface area contributed by atoms with Gasteiger partial charge in [0.1, 0.15) is 0 Å². The smallest absolute Gasteiger partial charge is 0.0540 e. The summed E-state index contributed by atoms with van der Waals surface area (Å²) >= 11 is 0. The Bertz CT molecular complexity index is 2640. The second-order valence-corrected chi connectivity index (χ2v) is 13.3. The van der Waals surface area contributed by atoms with Crippen LogP contribution in [0.1, 0.15) is 0 Å². The van der Waals surface area contributed by atoms with E-state index in [0.717, 1.165) is 22.6 Å². The quantitative estimate of drug-likeness (QED) is 0.155. The Morgan fingerprint density at radius 1 is 0.245 bits per heavy atom. The van der Waals surface area contributed by atoms with Crippen LogP contribution in [0, 0.1) is 0 Å². The lowest BCUT2D eigenvalue weighted by atomic mass is 9.91. The van der Waals surface area contributed by atoms with E-state index in [9.17, 15) is 0 Å². The van der Waals surface area contributed by atoms with Crippen LogP contribution in [0.4, 0.5) is 17.1 Å². The van der Waals surface area contributed by atoms with Crippen LogP contribution in [0.15, 0.2) is 224 Å². The van der Waals surface area contributed by atoms with Crippen LogP contribution < -0.4 is 4.90 Å². The highest BCUT2D eigenvalue weighted by Gasteiger charge is 2.21. The molecule has 9 rings (SSSR count). The van der Waals surface area contributed by atoms with Crippen LogP contribution in [0.2, 0.25) is 0 Å². The molecule has 0 saturated heterocycles. The Morgan fingerprint density at radius 2 is 0.717 bits per heavy atom. The molecule has 0 bridgehead atoms. The van der Waals surface area contributed by atoms with Gasteiger partial charge in [-0.15, -0.1) is 0 Å². The molecule has 0 heterocycles. The highest BCUT2D eigenvalue weighted by Crippen LogP contribution is 2.46. The average Bonchev–Trinajstić information content (AvgIpc) is 3.25. The first-order valence-corrected chi connectivity index (χ1v) is 18.2. The third-order valence-corrected chi connectivity index (χ3v) is 10.1. The molecular weight excluding hydrogens is 639 g/mol. The van der Waals surface area contributed by atoms with Crippen molar-refractivity contribution >= 4 is 27.8 Å². The minimum atomic E-state index is 1.09. The second-order valence-electron chi connectivity index (χ2n) is 13.3. The molecule has 1 heteroatoms. The third-order valence-electron chi connectivity index (χ3n) is 10.1. The van der Waals surface area contributed by atoms with E-state index in [-0.39, 0.29) is 0 Å². The average molecular weight is 676 g/mol. The molecule has 250 valence electrons. The maximum Gasteiger partial charge on any atom is 0.0540 e. The summed E-state index contributed by atoms with van der Waals surface area (Å²) in [6.45, 7) is 0. The lowest BCUT2D eigenvalue weighted by Gasteiger charge is -2.30. The predicted molar refractivity (Wildman–Crippen MR) is 226 cm³/mol. The summed E-state index contributed by atoms with van der Waals surface area (Å²) in [5.74, 6) is 0. The summed E-state index contributed by atoms with van der Waals surface area (Å²) < 4.78 is 0. The van der Waals surface area contributed by atoms with Crippen molar-refractivity contribution in [2.75, 3.05) is 4.90 Å². The summed E-state index contributed by atoms with van der Waals surface area (Å²) in [5, 5.41) is 2.41. The fourth-order valence-electron chi connectivity index (χ4n) is 7.48. The van der Waals surface area contributed by atoms with Gasteiger partial charge in [0.25, 0.3) is 0 Å². The highest BCUT2D eigenvalue weighted by atomic mass is 15.1. The molecule has 0 saturated carbocycles. The summed E-state index contributed by atoms with van der Waals surface area (Å²) in [7, 11) is 0. The number of anilines is 3. The number of benzene rings is 9. The Labute approximate surface area is 311 Å². The van der Waals surface area contributed by atoms with Crippen molar-refractivity contribution in [1.82, 2.24) is 0 Å². The normalized spacial score (nSPS) is 11.0. The van der Waals surface area contributed by atoms with E-state index in [1.54, 1.807) is 0 Å². The van der Waals surface area contributed by atoms with Crippen LogP contribution in [-0.2, 0) is 0 Å². The van der Waals surface area contributed by atoms with Gasteiger partial charge in [-0.05, 0) is 91.9 Å². The molecule has 53 heavy (non-hydrogen) atoms. The Balaban J connectivity index is 1.25. The molecular formula is C52H37N. The summed E-state index contributed by atoms with van der Waals surface area (Å²) in [6.07, 6.45) is 0. The number of fused-ring (bicyclic) bond motifs is 1. The summed E-state index contributed by atoms with van der Waals surface area (Å²) in [6, 6.07) is 80.9. The minimum absolute atomic E-state index is 1.09.